The Morgan fingerprint density at radius 3 is 3.00 bits per heavy atom. The second-order valence-electron chi connectivity index (χ2n) is 5.05. The number of hydrogen-bond donors (Lipinski definition) is 2. The highest BCUT2D eigenvalue weighted by molar-refractivity contribution is 5.97. The average molecular weight is 246 g/mol. The van der Waals surface area contributed by atoms with Crippen LogP contribution in [0, 0.1) is 6.92 Å². The van der Waals surface area contributed by atoms with Crippen molar-refractivity contribution < 1.29 is 4.79 Å². The van der Waals surface area contributed by atoms with Crippen LogP contribution >= 0.6 is 0 Å². The van der Waals surface area contributed by atoms with Crippen molar-refractivity contribution in [2.45, 2.75) is 25.4 Å². The van der Waals surface area contributed by atoms with E-state index in [-0.39, 0.29) is 5.91 Å². The van der Waals surface area contributed by atoms with Crippen LogP contribution in [0.1, 0.15) is 22.6 Å². The summed E-state index contributed by atoms with van der Waals surface area (Å²) in [4.78, 5) is 18.6. The lowest BCUT2D eigenvalue weighted by Gasteiger charge is -2.30. The van der Waals surface area contributed by atoms with E-state index < -0.39 is 0 Å². The summed E-state index contributed by atoms with van der Waals surface area (Å²) < 4.78 is 0. The third-order valence-corrected chi connectivity index (χ3v) is 3.82. The van der Waals surface area contributed by atoms with Crippen LogP contribution in [0.25, 0.3) is 0 Å². The van der Waals surface area contributed by atoms with Gasteiger partial charge in [0.25, 0.3) is 5.91 Å². The highest BCUT2D eigenvalue weighted by Gasteiger charge is 2.39. The van der Waals surface area contributed by atoms with E-state index in [1.807, 2.05) is 19.1 Å². The van der Waals surface area contributed by atoms with E-state index in [0.29, 0.717) is 17.8 Å². The molecule has 2 atom stereocenters. The highest BCUT2D eigenvalue weighted by Crippen LogP contribution is 2.31. The maximum atomic E-state index is 11.9. The molecule has 5 heteroatoms. The van der Waals surface area contributed by atoms with Gasteiger partial charge in [-0.3, -0.25) is 4.79 Å². The van der Waals surface area contributed by atoms with E-state index in [2.05, 4.69) is 20.5 Å². The van der Waals surface area contributed by atoms with Crippen molar-refractivity contribution in [2.24, 2.45) is 0 Å². The van der Waals surface area contributed by atoms with Crippen molar-refractivity contribution in [1.29, 1.82) is 0 Å². The number of hydrogen-bond acceptors (Lipinski definition) is 4. The number of carbonyl (C=O) groups is 1. The molecule has 5 nitrogen and oxygen atoms in total. The molecule has 3 heterocycles. The van der Waals surface area contributed by atoms with Gasteiger partial charge in [0.15, 0.2) is 5.69 Å². The van der Waals surface area contributed by atoms with Crippen LogP contribution in [-0.4, -0.2) is 43.1 Å². The Kier molecular flexibility index (Phi) is 2.70. The molecule has 0 radical (unpaired) electrons. The molecular weight excluding hydrogens is 228 g/mol. The lowest BCUT2D eigenvalue weighted by molar-refractivity contribution is 0.0958. The number of pyridine rings is 1. The first-order valence-electron chi connectivity index (χ1n) is 6.39. The van der Waals surface area contributed by atoms with E-state index in [9.17, 15) is 4.79 Å². The molecule has 96 valence electrons. The highest BCUT2D eigenvalue weighted by atomic mass is 16.1. The van der Waals surface area contributed by atoms with Crippen LogP contribution in [0.15, 0.2) is 12.1 Å². The molecule has 1 aromatic heterocycles. The summed E-state index contributed by atoms with van der Waals surface area (Å²) in [5.41, 5.74) is 2.39. The van der Waals surface area contributed by atoms with Crippen molar-refractivity contribution in [3.63, 3.8) is 0 Å². The van der Waals surface area contributed by atoms with E-state index >= 15 is 0 Å². The molecule has 3 rings (SSSR count). The van der Waals surface area contributed by atoms with Crippen molar-refractivity contribution in [3.05, 3.63) is 23.5 Å². The predicted octanol–water partition coefficient (Wildman–Crippen LogP) is 0.300. The van der Waals surface area contributed by atoms with Crippen LogP contribution in [-0.2, 0) is 0 Å². The van der Waals surface area contributed by atoms with Crippen molar-refractivity contribution in [1.82, 2.24) is 15.6 Å². The largest absolute Gasteiger partial charge is 0.364 e. The minimum atomic E-state index is -0.107. The van der Waals surface area contributed by atoms with Crippen LogP contribution < -0.4 is 15.5 Å². The second kappa shape index (κ2) is 4.24. The fourth-order valence-electron chi connectivity index (χ4n) is 2.92. The number of piperazine rings is 1. The van der Waals surface area contributed by atoms with Crippen LogP contribution in [0.3, 0.4) is 0 Å². The first kappa shape index (κ1) is 11.5. The Morgan fingerprint density at radius 1 is 1.56 bits per heavy atom. The minimum absolute atomic E-state index is 0.107. The number of rotatable bonds is 2. The topological polar surface area (TPSA) is 57.3 Å². The summed E-state index contributed by atoms with van der Waals surface area (Å²) in [7, 11) is 1.65. The SMILES string of the molecule is CNC(=O)c1nc(C)ccc1N1C[C@H]2C[C@@H]1CN2. The molecule has 1 amide bonds. The molecule has 2 N–H and O–H groups in total. The Labute approximate surface area is 107 Å². The van der Waals surface area contributed by atoms with Gasteiger partial charge >= 0.3 is 0 Å². The normalized spacial score (nSPS) is 25.6. The molecule has 0 unspecified atom stereocenters. The van der Waals surface area contributed by atoms with E-state index in [4.69, 9.17) is 0 Å². The fourth-order valence-corrected chi connectivity index (χ4v) is 2.92. The van der Waals surface area contributed by atoms with Gasteiger partial charge in [-0.1, -0.05) is 0 Å². The number of aryl methyl sites for hydroxylation is 1. The van der Waals surface area contributed by atoms with Gasteiger partial charge in [0.2, 0.25) is 0 Å². The quantitative estimate of drug-likeness (QED) is 0.788. The van der Waals surface area contributed by atoms with Crippen molar-refractivity contribution >= 4 is 11.6 Å². The van der Waals surface area contributed by atoms with E-state index in [1.54, 1.807) is 7.05 Å². The number of nitrogens with zero attached hydrogens (tertiary/aromatic N) is 2. The van der Waals surface area contributed by atoms with Gasteiger partial charge in [-0.25, -0.2) is 4.98 Å². The zero-order valence-electron chi connectivity index (χ0n) is 10.7. The van der Waals surface area contributed by atoms with Gasteiger partial charge in [0, 0.05) is 37.9 Å². The number of fused-ring (bicyclic) bond motifs is 2. The maximum Gasteiger partial charge on any atom is 0.271 e. The standard InChI is InChI=1S/C13H18N4O/c1-8-3-4-11(12(16-8)13(18)14-2)17-7-9-5-10(17)6-15-9/h3-4,9-10,15H,5-7H2,1-2H3,(H,14,18)/t9-,10-/m1/s1. The Balaban J connectivity index is 1.98. The maximum absolute atomic E-state index is 11.9. The Morgan fingerprint density at radius 2 is 2.39 bits per heavy atom. The summed E-state index contributed by atoms with van der Waals surface area (Å²) in [6.45, 7) is 3.89. The van der Waals surface area contributed by atoms with Gasteiger partial charge in [-0.05, 0) is 25.5 Å². The molecule has 0 spiro atoms. The van der Waals surface area contributed by atoms with Crippen LogP contribution in [0.5, 0.6) is 0 Å². The zero-order chi connectivity index (χ0) is 12.7. The first-order chi connectivity index (χ1) is 8.69. The van der Waals surface area contributed by atoms with E-state index in [0.717, 1.165) is 24.5 Å². The molecule has 0 aromatic carbocycles. The molecule has 2 bridgehead atoms. The summed E-state index contributed by atoms with van der Waals surface area (Å²) >= 11 is 0. The summed E-state index contributed by atoms with van der Waals surface area (Å²) in [5, 5.41) is 6.14. The third kappa shape index (κ3) is 1.75. The number of nitrogens with one attached hydrogen (secondary N) is 2. The average Bonchev–Trinajstić information content (AvgIpc) is 3.00. The molecule has 0 saturated carbocycles. The van der Waals surface area contributed by atoms with Gasteiger partial charge in [-0.15, -0.1) is 0 Å². The number of anilines is 1. The molecule has 18 heavy (non-hydrogen) atoms. The van der Waals surface area contributed by atoms with Gasteiger partial charge in [0.1, 0.15) is 0 Å². The molecule has 1 aromatic rings. The molecule has 2 fully saturated rings. The van der Waals surface area contributed by atoms with Crippen molar-refractivity contribution in [2.75, 3.05) is 25.0 Å². The molecular formula is C13H18N4O. The zero-order valence-corrected chi connectivity index (χ0v) is 10.7. The monoisotopic (exact) mass is 246 g/mol. The van der Waals surface area contributed by atoms with E-state index in [1.165, 1.54) is 6.42 Å². The molecule has 2 saturated heterocycles. The number of carbonyl (C=O) groups excluding carboxylic acids is 1. The minimum Gasteiger partial charge on any atom is -0.364 e. The first-order valence-corrected chi connectivity index (χ1v) is 6.39. The number of amides is 1. The van der Waals surface area contributed by atoms with Crippen LogP contribution in [0.4, 0.5) is 5.69 Å². The third-order valence-electron chi connectivity index (χ3n) is 3.82. The Hall–Kier alpha value is -1.62. The molecule has 2 aliphatic heterocycles. The van der Waals surface area contributed by atoms with Gasteiger partial charge < -0.3 is 15.5 Å². The smallest absolute Gasteiger partial charge is 0.271 e. The summed E-state index contributed by atoms with van der Waals surface area (Å²) in [5.74, 6) is -0.107. The summed E-state index contributed by atoms with van der Waals surface area (Å²) in [6.07, 6.45) is 1.17. The molecule has 0 aliphatic carbocycles. The van der Waals surface area contributed by atoms with Crippen molar-refractivity contribution in [3.8, 4) is 0 Å². The number of aromatic nitrogens is 1. The predicted molar refractivity (Wildman–Crippen MR) is 69.9 cm³/mol. The lowest BCUT2D eigenvalue weighted by atomic mass is 10.2. The van der Waals surface area contributed by atoms with Gasteiger partial charge in [-0.2, -0.15) is 0 Å². The summed E-state index contributed by atoms with van der Waals surface area (Å²) in [6, 6.07) is 5.06. The second-order valence-corrected chi connectivity index (χ2v) is 5.05. The fraction of sp³-hybridized carbons (Fsp3) is 0.538. The Bertz CT molecular complexity index is 488. The molecule has 2 aliphatic rings. The lowest BCUT2D eigenvalue weighted by Crippen LogP contribution is -2.44. The van der Waals surface area contributed by atoms with Crippen LogP contribution in [0.2, 0.25) is 0 Å². The van der Waals surface area contributed by atoms with Gasteiger partial charge in [0.05, 0.1) is 5.69 Å².